The fourth-order valence-corrected chi connectivity index (χ4v) is 5.38. The molecule has 1 aliphatic heterocycles. The molecule has 0 N–H and O–H groups in total. The third-order valence-electron chi connectivity index (χ3n) is 4.18. The van der Waals surface area contributed by atoms with Gasteiger partial charge in [0.05, 0.1) is 0 Å². The summed E-state index contributed by atoms with van der Waals surface area (Å²) in [5.74, 6) is 0.629. The van der Waals surface area contributed by atoms with Crippen LogP contribution >= 0.6 is 0 Å². The van der Waals surface area contributed by atoms with Crippen molar-refractivity contribution in [1.82, 2.24) is 4.90 Å². The monoisotopic (exact) mass is 286 g/mol. The lowest BCUT2D eigenvalue weighted by atomic mass is 9.99. The molecule has 1 unspecified atom stereocenters. The summed E-state index contributed by atoms with van der Waals surface area (Å²) in [6.07, 6.45) is 3.67. The largest absolute Gasteiger partial charge is 0.413 e. The van der Waals surface area contributed by atoms with Crippen molar-refractivity contribution in [2.75, 3.05) is 32.8 Å². The van der Waals surface area contributed by atoms with Crippen LogP contribution in [-0.2, 0) is 9.16 Å². The van der Waals surface area contributed by atoms with Gasteiger partial charge in [-0.15, -0.1) is 0 Å². The van der Waals surface area contributed by atoms with Crippen LogP contribution in [0.1, 0.15) is 40.0 Å². The lowest BCUT2D eigenvalue weighted by Crippen LogP contribution is -2.47. The second-order valence-corrected chi connectivity index (χ2v) is 9.65. The van der Waals surface area contributed by atoms with E-state index in [0.717, 1.165) is 32.8 Å². The highest BCUT2D eigenvalue weighted by Gasteiger charge is 2.42. The Hall–Kier alpha value is 0.0969. The molecule has 1 rings (SSSR count). The lowest BCUT2D eigenvalue weighted by Gasteiger charge is -2.39. The van der Waals surface area contributed by atoms with Gasteiger partial charge in [0.1, 0.15) is 5.73 Å². The van der Waals surface area contributed by atoms with E-state index in [1.165, 1.54) is 25.0 Å². The van der Waals surface area contributed by atoms with Gasteiger partial charge in [0, 0.05) is 19.8 Å². The lowest BCUT2D eigenvalue weighted by molar-refractivity contribution is 0.0749. The molecule has 4 heteroatoms. The Kier molecular flexibility index (Phi) is 7.58. The van der Waals surface area contributed by atoms with Crippen molar-refractivity contribution in [3.05, 3.63) is 5.73 Å². The smallest absolute Gasteiger partial charge is 0.222 e. The summed E-state index contributed by atoms with van der Waals surface area (Å²) < 4.78 is 12.3. The van der Waals surface area contributed by atoms with Gasteiger partial charge in [0.2, 0.25) is 8.32 Å². The molecule has 1 saturated heterocycles. The van der Waals surface area contributed by atoms with Crippen LogP contribution in [0.25, 0.3) is 0 Å². The molecule has 0 aromatic carbocycles. The Bertz CT molecular complexity index is 244. The molecule has 1 fully saturated rings. The van der Waals surface area contributed by atoms with E-state index < -0.39 is 8.32 Å². The minimum absolute atomic E-state index is 0.629. The molecule has 0 aliphatic carbocycles. The van der Waals surface area contributed by atoms with E-state index >= 15 is 0 Å². The number of likely N-dealkylation sites (N-methyl/N-ethyl adjacent to an activating group) is 1. The van der Waals surface area contributed by atoms with Gasteiger partial charge in [-0.3, -0.25) is 0 Å². The average Bonchev–Trinajstić information content (AvgIpc) is 2.43. The number of hydrogen-bond donors (Lipinski definition) is 0. The maximum atomic E-state index is 6.27. The highest BCUT2D eigenvalue weighted by Crippen LogP contribution is 2.36. The zero-order valence-electron chi connectivity index (χ0n) is 13.5. The van der Waals surface area contributed by atoms with Crippen molar-refractivity contribution in [2.45, 2.75) is 53.1 Å². The summed E-state index contributed by atoms with van der Waals surface area (Å²) in [6.45, 7) is 16.2. The predicted octanol–water partition coefficient (Wildman–Crippen LogP) is 3.46. The summed E-state index contributed by atoms with van der Waals surface area (Å²) in [6, 6.07) is 0. The Balaban J connectivity index is 2.44. The zero-order valence-corrected chi connectivity index (χ0v) is 14.5. The average molecular weight is 287 g/mol. The SMILES string of the molecule is CCC1CCCO[C]1[Si](C)(C)OCCN(CC)CC. The predicted molar refractivity (Wildman–Crippen MR) is 83.4 cm³/mol. The van der Waals surface area contributed by atoms with Gasteiger partial charge in [-0.2, -0.15) is 0 Å². The van der Waals surface area contributed by atoms with Crippen LogP contribution in [0.15, 0.2) is 0 Å². The molecule has 0 aromatic rings. The van der Waals surface area contributed by atoms with Crippen molar-refractivity contribution < 1.29 is 9.16 Å². The highest BCUT2D eigenvalue weighted by molar-refractivity contribution is 6.76. The topological polar surface area (TPSA) is 21.7 Å². The van der Waals surface area contributed by atoms with Crippen molar-refractivity contribution in [3.8, 4) is 0 Å². The highest BCUT2D eigenvalue weighted by atomic mass is 28.4. The molecule has 1 radical (unpaired) electrons. The minimum atomic E-state index is -1.81. The molecular weight excluding hydrogens is 254 g/mol. The molecular formula is C15H32NO2Si. The van der Waals surface area contributed by atoms with E-state index in [2.05, 4.69) is 38.8 Å². The molecule has 1 heterocycles. The van der Waals surface area contributed by atoms with Crippen LogP contribution in [0.4, 0.5) is 0 Å². The fourth-order valence-electron chi connectivity index (χ4n) is 2.86. The van der Waals surface area contributed by atoms with Crippen LogP contribution in [0, 0.1) is 11.6 Å². The molecule has 0 bridgehead atoms. The first kappa shape index (κ1) is 17.1. The summed E-state index contributed by atoms with van der Waals surface area (Å²) in [5.41, 5.74) is 1.31. The molecule has 0 spiro atoms. The van der Waals surface area contributed by atoms with E-state index in [1.54, 1.807) is 0 Å². The third-order valence-corrected chi connectivity index (χ3v) is 6.84. The van der Waals surface area contributed by atoms with Gasteiger partial charge in [-0.25, -0.2) is 0 Å². The molecule has 19 heavy (non-hydrogen) atoms. The standard InChI is InChI=1S/C15H32NO2Si/c1-6-14-10-9-12-17-15(14)19(4,5)18-13-11-16(7-2)8-3/h14H,6-13H2,1-5H3. The van der Waals surface area contributed by atoms with E-state index in [9.17, 15) is 0 Å². The van der Waals surface area contributed by atoms with Gasteiger partial charge in [0.15, 0.2) is 0 Å². The summed E-state index contributed by atoms with van der Waals surface area (Å²) in [7, 11) is -1.81. The Morgan fingerprint density at radius 2 is 1.95 bits per heavy atom. The summed E-state index contributed by atoms with van der Waals surface area (Å²) >= 11 is 0. The minimum Gasteiger partial charge on any atom is -0.413 e. The number of ether oxygens (including phenoxy) is 1. The van der Waals surface area contributed by atoms with Gasteiger partial charge in [0.25, 0.3) is 0 Å². The maximum Gasteiger partial charge on any atom is 0.222 e. The first-order chi connectivity index (χ1) is 9.05. The van der Waals surface area contributed by atoms with E-state index in [1.807, 2.05) is 0 Å². The second kappa shape index (κ2) is 8.40. The molecule has 0 amide bonds. The Morgan fingerprint density at radius 3 is 2.53 bits per heavy atom. The van der Waals surface area contributed by atoms with Crippen LogP contribution in [-0.4, -0.2) is 46.1 Å². The molecule has 113 valence electrons. The van der Waals surface area contributed by atoms with Crippen LogP contribution < -0.4 is 0 Å². The van der Waals surface area contributed by atoms with E-state index in [4.69, 9.17) is 9.16 Å². The molecule has 1 atom stereocenters. The van der Waals surface area contributed by atoms with Gasteiger partial charge in [-0.05, 0) is 44.9 Å². The molecule has 0 aromatic heterocycles. The van der Waals surface area contributed by atoms with E-state index in [0.29, 0.717) is 5.92 Å². The summed E-state index contributed by atoms with van der Waals surface area (Å²) in [4.78, 5) is 2.41. The van der Waals surface area contributed by atoms with E-state index in [-0.39, 0.29) is 0 Å². The first-order valence-corrected chi connectivity index (χ1v) is 10.8. The maximum absolute atomic E-state index is 6.27. The van der Waals surface area contributed by atoms with Crippen molar-refractivity contribution in [2.24, 2.45) is 5.92 Å². The number of nitrogens with zero attached hydrogens (tertiary/aromatic N) is 1. The van der Waals surface area contributed by atoms with Gasteiger partial charge >= 0.3 is 0 Å². The Morgan fingerprint density at radius 1 is 1.26 bits per heavy atom. The van der Waals surface area contributed by atoms with Crippen LogP contribution in [0.3, 0.4) is 0 Å². The first-order valence-electron chi connectivity index (χ1n) is 7.91. The number of rotatable bonds is 8. The van der Waals surface area contributed by atoms with Gasteiger partial charge in [-0.1, -0.05) is 27.2 Å². The molecule has 3 nitrogen and oxygen atoms in total. The van der Waals surface area contributed by atoms with Crippen molar-refractivity contribution in [3.63, 3.8) is 0 Å². The molecule has 0 saturated carbocycles. The normalized spacial score (nSPS) is 22.1. The number of hydrogen-bond acceptors (Lipinski definition) is 3. The van der Waals surface area contributed by atoms with Crippen LogP contribution in [0.5, 0.6) is 0 Å². The van der Waals surface area contributed by atoms with Gasteiger partial charge < -0.3 is 14.1 Å². The Labute approximate surface area is 120 Å². The molecule has 1 aliphatic rings. The second-order valence-electron chi connectivity index (χ2n) is 5.85. The third kappa shape index (κ3) is 5.18. The van der Waals surface area contributed by atoms with Crippen molar-refractivity contribution in [1.29, 1.82) is 0 Å². The van der Waals surface area contributed by atoms with Crippen molar-refractivity contribution >= 4 is 8.32 Å². The quantitative estimate of drug-likeness (QED) is 0.638. The fraction of sp³-hybridized carbons (Fsp3) is 0.933. The zero-order chi connectivity index (χ0) is 14.3. The summed E-state index contributed by atoms with van der Waals surface area (Å²) in [5, 5.41) is 0. The van der Waals surface area contributed by atoms with Crippen LogP contribution in [0.2, 0.25) is 13.1 Å².